The number of rotatable bonds is 18. The fourth-order valence-corrected chi connectivity index (χ4v) is 9.22. The van der Waals surface area contributed by atoms with Gasteiger partial charge in [0.25, 0.3) is 0 Å². The molecule has 0 amide bonds. The van der Waals surface area contributed by atoms with Gasteiger partial charge in [-0.3, -0.25) is 0 Å². The van der Waals surface area contributed by atoms with Crippen molar-refractivity contribution in [1.29, 1.82) is 0 Å². The lowest BCUT2D eigenvalue weighted by atomic mass is 9.91. The summed E-state index contributed by atoms with van der Waals surface area (Å²) in [5, 5.41) is 0. The van der Waals surface area contributed by atoms with Gasteiger partial charge in [0, 0.05) is 59.8 Å². The molecule has 0 aromatic rings. The quantitative estimate of drug-likeness (QED) is 0.151. The topological polar surface area (TPSA) is 89.7 Å². The first-order valence-electron chi connectivity index (χ1n) is 12.9. The van der Waals surface area contributed by atoms with E-state index in [9.17, 15) is 0 Å². The van der Waals surface area contributed by atoms with Crippen LogP contribution in [0.15, 0.2) is 0 Å². The lowest BCUT2D eigenvalue weighted by molar-refractivity contribution is 0.0689. The molecule has 202 valence electrons. The highest BCUT2D eigenvalue weighted by Gasteiger charge is 2.48. The molecule has 4 unspecified atom stereocenters. The zero-order valence-corrected chi connectivity index (χ0v) is 24.2. The van der Waals surface area contributed by atoms with Crippen LogP contribution in [0.2, 0.25) is 12.1 Å². The molecule has 0 spiro atoms. The largest absolute Gasteiger partial charge is 0.500 e. The van der Waals surface area contributed by atoms with Crippen molar-refractivity contribution in [3.05, 3.63) is 0 Å². The van der Waals surface area contributed by atoms with Crippen LogP contribution in [0.1, 0.15) is 52.9 Å². The van der Waals surface area contributed by atoms with E-state index in [4.69, 9.17) is 40.8 Å². The zero-order valence-electron chi connectivity index (χ0n) is 22.2. The summed E-state index contributed by atoms with van der Waals surface area (Å²) in [6, 6.07) is 1.79. The van der Waals surface area contributed by atoms with Gasteiger partial charge in [0.1, 0.15) is 6.10 Å². The Morgan fingerprint density at radius 2 is 1.41 bits per heavy atom. The minimum absolute atomic E-state index is 0.351. The van der Waals surface area contributed by atoms with Crippen LogP contribution < -0.4 is 0 Å². The Bertz CT molecular complexity index is 509. The van der Waals surface area contributed by atoms with E-state index in [2.05, 4.69) is 0 Å². The Balaban J connectivity index is 0.000000246. The van der Waals surface area contributed by atoms with Gasteiger partial charge < -0.3 is 40.8 Å². The van der Waals surface area contributed by atoms with Crippen LogP contribution in [0, 0.1) is 5.92 Å². The van der Waals surface area contributed by atoms with Crippen molar-refractivity contribution in [1.82, 2.24) is 0 Å². The van der Waals surface area contributed by atoms with Crippen molar-refractivity contribution >= 4 is 17.6 Å². The Hall–Kier alpha value is 0.0738. The number of epoxide rings is 2. The molecule has 9 nitrogen and oxygen atoms in total. The molecule has 2 aliphatic heterocycles. The van der Waals surface area contributed by atoms with Crippen LogP contribution in [-0.4, -0.2) is 96.9 Å². The molecule has 0 radical (unpaired) electrons. The number of fused-ring (bicyclic) bond motifs is 1. The first-order valence-corrected chi connectivity index (χ1v) is 16.8. The molecule has 4 atom stereocenters. The van der Waals surface area contributed by atoms with E-state index in [0.29, 0.717) is 44.1 Å². The number of hydrogen-bond acceptors (Lipinski definition) is 9. The Morgan fingerprint density at radius 3 is 1.91 bits per heavy atom. The standard InChI is InChI=1S/C13H28O5Si.C10H20O4Si/c1-4-16-19(17-5-2,18-6-3)10-8-7-9-14-11-13-12-15-13;1-11-15(12-2,13-3)7-8-4-5-9-10(6-8)14-9/h13H,4-12H2,1-3H3;8-10H,4-7H2,1-3H3. The molecule has 3 fully saturated rings. The first-order chi connectivity index (χ1) is 16.5. The van der Waals surface area contributed by atoms with Gasteiger partial charge in [-0.05, 0) is 58.8 Å². The second-order valence-corrected chi connectivity index (χ2v) is 14.6. The summed E-state index contributed by atoms with van der Waals surface area (Å²) in [6.07, 6.45) is 7.00. The maximum absolute atomic E-state index is 5.80. The van der Waals surface area contributed by atoms with Crippen molar-refractivity contribution in [2.45, 2.75) is 83.3 Å². The monoisotopic (exact) mass is 524 g/mol. The third-order valence-corrected chi connectivity index (χ3v) is 12.5. The van der Waals surface area contributed by atoms with E-state index in [1.807, 2.05) is 20.8 Å². The van der Waals surface area contributed by atoms with Crippen molar-refractivity contribution < 1.29 is 40.8 Å². The van der Waals surface area contributed by atoms with Gasteiger partial charge in [-0.2, -0.15) is 0 Å². The molecule has 0 aromatic carbocycles. The summed E-state index contributed by atoms with van der Waals surface area (Å²) in [5.74, 6) is 0.639. The number of ether oxygens (including phenoxy) is 3. The summed E-state index contributed by atoms with van der Waals surface area (Å²) in [6.45, 7) is 10.2. The summed E-state index contributed by atoms with van der Waals surface area (Å²) in [5.41, 5.74) is 0. The maximum Gasteiger partial charge on any atom is 0.500 e. The van der Waals surface area contributed by atoms with E-state index in [0.717, 1.165) is 51.2 Å². The smallest absolute Gasteiger partial charge is 0.379 e. The molecule has 0 aromatic heterocycles. The summed E-state index contributed by atoms with van der Waals surface area (Å²) in [7, 11) is 0.220. The SMILES string of the molecule is CCO[Si](CCCCOCC1CO1)(OCC)OCC.CO[Si](CC1CCC2OC2C1)(OC)OC. The third-order valence-electron chi connectivity index (χ3n) is 6.40. The molecule has 1 aliphatic carbocycles. The van der Waals surface area contributed by atoms with Crippen LogP contribution in [0.5, 0.6) is 0 Å². The summed E-state index contributed by atoms with van der Waals surface area (Å²) < 4.78 is 49.8. The predicted octanol–water partition coefficient (Wildman–Crippen LogP) is 3.66. The zero-order chi connectivity index (χ0) is 24.9. The molecular weight excluding hydrogens is 476 g/mol. The van der Waals surface area contributed by atoms with Crippen LogP contribution >= 0.6 is 0 Å². The molecule has 11 heteroatoms. The minimum Gasteiger partial charge on any atom is -0.379 e. The fourth-order valence-electron chi connectivity index (χ4n) is 4.45. The van der Waals surface area contributed by atoms with Gasteiger partial charge >= 0.3 is 17.6 Å². The van der Waals surface area contributed by atoms with Crippen molar-refractivity contribution in [2.75, 3.05) is 61.0 Å². The van der Waals surface area contributed by atoms with E-state index in [1.165, 1.54) is 12.8 Å². The van der Waals surface area contributed by atoms with Crippen LogP contribution in [0.25, 0.3) is 0 Å². The normalized spacial score (nSPS) is 25.9. The van der Waals surface area contributed by atoms with Crippen LogP contribution in [-0.2, 0) is 40.8 Å². The van der Waals surface area contributed by atoms with Crippen molar-refractivity contribution in [3.63, 3.8) is 0 Å². The van der Waals surface area contributed by atoms with Gasteiger partial charge in [-0.15, -0.1) is 0 Å². The Morgan fingerprint density at radius 1 is 0.794 bits per heavy atom. The van der Waals surface area contributed by atoms with Crippen molar-refractivity contribution in [3.8, 4) is 0 Å². The van der Waals surface area contributed by atoms with E-state index in [1.54, 1.807) is 21.3 Å². The Kier molecular flexibility index (Phi) is 14.3. The molecule has 2 heterocycles. The van der Waals surface area contributed by atoms with Crippen molar-refractivity contribution in [2.24, 2.45) is 5.92 Å². The molecule has 1 saturated carbocycles. The van der Waals surface area contributed by atoms with Crippen LogP contribution in [0.3, 0.4) is 0 Å². The predicted molar refractivity (Wildman–Crippen MR) is 133 cm³/mol. The maximum atomic E-state index is 5.80. The highest BCUT2D eigenvalue weighted by Crippen LogP contribution is 2.42. The number of hydrogen-bond donors (Lipinski definition) is 0. The van der Waals surface area contributed by atoms with E-state index in [-0.39, 0.29) is 0 Å². The fraction of sp³-hybridized carbons (Fsp3) is 1.00. The van der Waals surface area contributed by atoms with E-state index < -0.39 is 17.6 Å². The molecule has 0 bridgehead atoms. The molecular formula is C23H48O9Si2. The lowest BCUT2D eigenvalue weighted by Crippen LogP contribution is -2.45. The van der Waals surface area contributed by atoms with E-state index >= 15 is 0 Å². The summed E-state index contributed by atoms with van der Waals surface area (Å²) in [4.78, 5) is 0. The average Bonchev–Trinajstić information content (AvgIpc) is 3.76. The van der Waals surface area contributed by atoms with Gasteiger partial charge in [-0.1, -0.05) is 0 Å². The molecule has 0 N–H and O–H groups in total. The van der Waals surface area contributed by atoms with Gasteiger partial charge in [0.15, 0.2) is 0 Å². The second-order valence-electron chi connectivity index (χ2n) is 8.86. The summed E-state index contributed by atoms with van der Waals surface area (Å²) >= 11 is 0. The molecule has 34 heavy (non-hydrogen) atoms. The molecule has 3 rings (SSSR count). The highest BCUT2D eigenvalue weighted by molar-refractivity contribution is 6.61. The molecule has 3 aliphatic rings. The van der Waals surface area contributed by atoms with Crippen LogP contribution in [0.4, 0.5) is 0 Å². The number of unbranched alkanes of at least 4 members (excludes halogenated alkanes) is 1. The average molecular weight is 525 g/mol. The third kappa shape index (κ3) is 10.6. The highest BCUT2D eigenvalue weighted by atomic mass is 28.4. The minimum atomic E-state index is -2.45. The first kappa shape index (κ1) is 30.3. The van der Waals surface area contributed by atoms with Gasteiger partial charge in [0.2, 0.25) is 0 Å². The van der Waals surface area contributed by atoms with Gasteiger partial charge in [0.05, 0.1) is 25.4 Å². The lowest BCUT2D eigenvalue weighted by Gasteiger charge is -2.29. The van der Waals surface area contributed by atoms with Gasteiger partial charge in [-0.25, -0.2) is 0 Å². The Labute approximate surface area is 208 Å². The molecule has 2 saturated heterocycles. The second kappa shape index (κ2) is 16.0.